The first-order valence-corrected chi connectivity index (χ1v) is 6.41. The Bertz CT molecular complexity index is 542. The van der Waals surface area contributed by atoms with Crippen LogP contribution in [0.2, 0.25) is 0 Å². The van der Waals surface area contributed by atoms with E-state index in [0.29, 0.717) is 5.88 Å². The molecule has 2 rings (SSSR count). The third-order valence-electron chi connectivity index (χ3n) is 2.94. The number of aryl methyl sites for hydroxylation is 1. The fourth-order valence-corrected chi connectivity index (χ4v) is 2.12. The normalized spacial score (nSPS) is 12.2. The van der Waals surface area contributed by atoms with Crippen LogP contribution in [-0.4, -0.2) is 23.6 Å². The first-order valence-electron chi connectivity index (χ1n) is 6.41. The molecule has 1 atom stereocenters. The molecule has 0 aliphatic carbocycles. The van der Waals surface area contributed by atoms with Crippen LogP contribution in [0, 0.1) is 6.92 Å². The summed E-state index contributed by atoms with van der Waals surface area (Å²) in [5.41, 5.74) is 3.21. The number of rotatable bonds is 5. The predicted molar refractivity (Wildman–Crippen MR) is 75.3 cm³/mol. The summed E-state index contributed by atoms with van der Waals surface area (Å²) in [6.07, 6.45) is 3.33. The van der Waals surface area contributed by atoms with Crippen molar-refractivity contribution in [1.82, 2.24) is 15.3 Å². The molecule has 0 saturated carbocycles. The lowest BCUT2D eigenvalue weighted by Crippen LogP contribution is -2.24. The van der Waals surface area contributed by atoms with Gasteiger partial charge in [-0.1, -0.05) is 36.8 Å². The maximum Gasteiger partial charge on any atom is 0.237 e. The van der Waals surface area contributed by atoms with E-state index in [1.165, 1.54) is 11.1 Å². The van der Waals surface area contributed by atoms with Gasteiger partial charge in [-0.25, -0.2) is 4.98 Å². The molecule has 1 unspecified atom stereocenters. The van der Waals surface area contributed by atoms with Crippen LogP contribution in [0.15, 0.2) is 36.7 Å². The van der Waals surface area contributed by atoms with Crippen molar-refractivity contribution < 1.29 is 4.74 Å². The maximum absolute atomic E-state index is 5.31. The molecule has 0 aliphatic rings. The Balaban J connectivity index is 2.45. The van der Waals surface area contributed by atoms with Gasteiger partial charge in [-0.05, 0) is 19.0 Å². The molecule has 2 aromatic rings. The predicted octanol–water partition coefficient (Wildman–Crippen LogP) is 2.49. The van der Waals surface area contributed by atoms with E-state index in [1.54, 1.807) is 19.5 Å². The molecule has 100 valence electrons. The van der Waals surface area contributed by atoms with Crippen molar-refractivity contribution in [3.63, 3.8) is 0 Å². The first-order chi connectivity index (χ1) is 9.26. The summed E-state index contributed by atoms with van der Waals surface area (Å²) in [5, 5.41) is 3.43. The first kappa shape index (κ1) is 13.5. The van der Waals surface area contributed by atoms with Crippen molar-refractivity contribution in [3.8, 4) is 5.88 Å². The maximum atomic E-state index is 5.31. The smallest absolute Gasteiger partial charge is 0.237 e. The van der Waals surface area contributed by atoms with Gasteiger partial charge in [0, 0.05) is 12.4 Å². The van der Waals surface area contributed by atoms with E-state index in [1.807, 2.05) is 0 Å². The summed E-state index contributed by atoms with van der Waals surface area (Å²) in [5.74, 6) is 0.565. The minimum absolute atomic E-state index is 0.00597. The van der Waals surface area contributed by atoms with Gasteiger partial charge in [-0.3, -0.25) is 4.98 Å². The van der Waals surface area contributed by atoms with E-state index in [9.17, 15) is 0 Å². The van der Waals surface area contributed by atoms with Crippen molar-refractivity contribution in [3.05, 3.63) is 53.5 Å². The van der Waals surface area contributed by atoms with Gasteiger partial charge in [0.05, 0.1) is 13.2 Å². The minimum atomic E-state index is -0.00597. The Kier molecular flexibility index (Phi) is 4.47. The van der Waals surface area contributed by atoms with Crippen molar-refractivity contribution in [2.45, 2.75) is 19.9 Å². The number of aromatic nitrogens is 2. The Morgan fingerprint density at radius 1 is 1.26 bits per heavy atom. The zero-order chi connectivity index (χ0) is 13.7. The van der Waals surface area contributed by atoms with Gasteiger partial charge in [0.25, 0.3) is 0 Å². The Labute approximate surface area is 113 Å². The molecule has 0 amide bonds. The average molecular weight is 257 g/mol. The van der Waals surface area contributed by atoms with Gasteiger partial charge in [0.1, 0.15) is 5.69 Å². The fraction of sp³-hybridized carbons (Fsp3) is 0.333. The SMILES string of the molecule is CCNC(c1cccc(C)c1)c1nccnc1OC. The molecule has 0 radical (unpaired) electrons. The molecule has 4 nitrogen and oxygen atoms in total. The highest BCUT2D eigenvalue weighted by molar-refractivity contribution is 5.34. The number of benzene rings is 1. The molecule has 0 fully saturated rings. The van der Waals surface area contributed by atoms with Crippen LogP contribution < -0.4 is 10.1 Å². The van der Waals surface area contributed by atoms with Gasteiger partial charge >= 0.3 is 0 Å². The Morgan fingerprint density at radius 3 is 2.74 bits per heavy atom. The van der Waals surface area contributed by atoms with Crippen molar-refractivity contribution in [2.24, 2.45) is 0 Å². The van der Waals surface area contributed by atoms with Gasteiger partial charge in [0.15, 0.2) is 0 Å². The molecular formula is C15H19N3O. The summed E-state index contributed by atoms with van der Waals surface area (Å²) in [4.78, 5) is 8.65. The summed E-state index contributed by atoms with van der Waals surface area (Å²) in [6.45, 7) is 5.00. The van der Waals surface area contributed by atoms with E-state index < -0.39 is 0 Å². The highest BCUT2D eigenvalue weighted by Crippen LogP contribution is 2.26. The van der Waals surface area contributed by atoms with Crippen molar-refractivity contribution >= 4 is 0 Å². The molecule has 1 aromatic carbocycles. The standard InChI is InChI=1S/C15H19N3O/c1-4-16-13(12-7-5-6-11(2)10-12)14-15(19-3)18-9-8-17-14/h5-10,13,16H,4H2,1-3H3. The minimum Gasteiger partial charge on any atom is -0.480 e. The second-order valence-corrected chi connectivity index (χ2v) is 4.36. The van der Waals surface area contributed by atoms with E-state index in [4.69, 9.17) is 4.74 Å². The molecule has 4 heteroatoms. The van der Waals surface area contributed by atoms with Crippen LogP contribution in [0.5, 0.6) is 5.88 Å². The summed E-state index contributed by atoms with van der Waals surface area (Å²) in [6, 6.07) is 8.38. The molecule has 0 saturated heterocycles. The lowest BCUT2D eigenvalue weighted by Gasteiger charge is -2.19. The highest BCUT2D eigenvalue weighted by Gasteiger charge is 2.19. The molecule has 1 heterocycles. The van der Waals surface area contributed by atoms with E-state index in [2.05, 4.69) is 53.4 Å². The van der Waals surface area contributed by atoms with Gasteiger partial charge in [0.2, 0.25) is 5.88 Å². The summed E-state index contributed by atoms with van der Waals surface area (Å²) >= 11 is 0. The van der Waals surface area contributed by atoms with Gasteiger partial charge in [-0.2, -0.15) is 0 Å². The van der Waals surface area contributed by atoms with Gasteiger partial charge < -0.3 is 10.1 Å². The topological polar surface area (TPSA) is 47.0 Å². The van der Waals surface area contributed by atoms with Crippen LogP contribution in [0.4, 0.5) is 0 Å². The number of nitrogens with one attached hydrogen (secondary N) is 1. The van der Waals surface area contributed by atoms with Gasteiger partial charge in [-0.15, -0.1) is 0 Å². The van der Waals surface area contributed by atoms with Crippen LogP contribution in [0.3, 0.4) is 0 Å². The molecule has 0 bridgehead atoms. The lowest BCUT2D eigenvalue weighted by molar-refractivity contribution is 0.383. The fourth-order valence-electron chi connectivity index (χ4n) is 2.12. The monoisotopic (exact) mass is 257 g/mol. The largest absolute Gasteiger partial charge is 0.480 e. The van der Waals surface area contributed by atoms with Crippen LogP contribution in [0.25, 0.3) is 0 Å². The number of hydrogen-bond acceptors (Lipinski definition) is 4. The Morgan fingerprint density at radius 2 is 2.05 bits per heavy atom. The zero-order valence-corrected chi connectivity index (χ0v) is 11.6. The summed E-state index contributed by atoms with van der Waals surface area (Å²) < 4.78 is 5.31. The average Bonchev–Trinajstić information content (AvgIpc) is 2.45. The van der Waals surface area contributed by atoms with Crippen LogP contribution >= 0.6 is 0 Å². The molecule has 0 aliphatic heterocycles. The highest BCUT2D eigenvalue weighted by atomic mass is 16.5. The number of hydrogen-bond donors (Lipinski definition) is 1. The van der Waals surface area contributed by atoms with Crippen LogP contribution in [0.1, 0.15) is 29.8 Å². The second kappa shape index (κ2) is 6.29. The third kappa shape index (κ3) is 3.09. The Hall–Kier alpha value is -1.94. The molecule has 1 aromatic heterocycles. The van der Waals surface area contributed by atoms with E-state index in [-0.39, 0.29) is 6.04 Å². The molecule has 0 spiro atoms. The van der Waals surface area contributed by atoms with Crippen LogP contribution in [-0.2, 0) is 0 Å². The zero-order valence-electron chi connectivity index (χ0n) is 11.6. The second-order valence-electron chi connectivity index (χ2n) is 4.36. The van der Waals surface area contributed by atoms with Crippen molar-refractivity contribution in [2.75, 3.05) is 13.7 Å². The number of methoxy groups -OCH3 is 1. The quantitative estimate of drug-likeness (QED) is 0.894. The number of ether oxygens (including phenoxy) is 1. The van der Waals surface area contributed by atoms with E-state index in [0.717, 1.165) is 12.2 Å². The van der Waals surface area contributed by atoms with Crippen molar-refractivity contribution in [1.29, 1.82) is 0 Å². The lowest BCUT2D eigenvalue weighted by atomic mass is 10.0. The molecule has 1 N–H and O–H groups in total. The third-order valence-corrected chi connectivity index (χ3v) is 2.94. The molecular weight excluding hydrogens is 238 g/mol. The summed E-state index contributed by atoms with van der Waals surface area (Å²) in [7, 11) is 1.62. The van der Waals surface area contributed by atoms with E-state index >= 15 is 0 Å². The molecule has 19 heavy (non-hydrogen) atoms. The number of nitrogens with zero attached hydrogens (tertiary/aromatic N) is 2.